The van der Waals surface area contributed by atoms with Gasteiger partial charge < -0.3 is 15.2 Å². The first-order valence-electron chi connectivity index (χ1n) is 9.76. The van der Waals surface area contributed by atoms with Crippen molar-refractivity contribution in [1.82, 2.24) is 9.62 Å². The number of phenolic OH excluding ortho intramolecular Hbond substituents is 1. The van der Waals surface area contributed by atoms with Crippen LogP contribution in [0.3, 0.4) is 0 Å². The van der Waals surface area contributed by atoms with Gasteiger partial charge >= 0.3 is 0 Å². The van der Waals surface area contributed by atoms with Crippen LogP contribution in [0, 0.1) is 0 Å². The lowest BCUT2D eigenvalue weighted by atomic mass is 10.1. The van der Waals surface area contributed by atoms with Crippen LogP contribution in [0.1, 0.15) is 41.6 Å². The summed E-state index contributed by atoms with van der Waals surface area (Å²) < 4.78 is 32.7. The lowest BCUT2D eigenvalue weighted by Crippen LogP contribution is -2.32. The van der Waals surface area contributed by atoms with Crippen LogP contribution in [-0.4, -0.2) is 43.9 Å². The van der Waals surface area contributed by atoms with Gasteiger partial charge in [-0.3, -0.25) is 4.79 Å². The number of ether oxygens (including phenoxy) is 1. The Morgan fingerprint density at radius 2 is 1.83 bits per heavy atom. The molecule has 1 heterocycles. The first-order chi connectivity index (χ1) is 14.3. The second-order valence-corrected chi connectivity index (χ2v) is 9.47. The van der Waals surface area contributed by atoms with E-state index in [1.54, 1.807) is 12.1 Å². The highest BCUT2D eigenvalue weighted by atomic mass is 35.5. The summed E-state index contributed by atoms with van der Waals surface area (Å²) in [5.41, 5.74) is 0.933. The van der Waals surface area contributed by atoms with Gasteiger partial charge in [-0.25, -0.2) is 8.42 Å². The van der Waals surface area contributed by atoms with Crippen LogP contribution in [0.4, 0.5) is 0 Å². The average molecular weight is 453 g/mol. The van der Waals surface area contributed by atoms with E-state index in [-0.39, 0.29) is 27.8 Å². The van der Waals surface area contributed by atoms with Crippen molar-refractivity contribution in [2.24, 2.45) is 0 Å². The van der Waals surface area contributed by atoms with Gasteiger partial charge in [0.1, 0.15) is 4.90 Å². The molecule has 1 amide bonds. The monoisotopic (exact) mass is 452 g/mol. The maximum absolute atomic E-state index is 13.1. The van der Waals surface area contributed by atoms with Crippen molar-refractivity contribution >= 4 is 27.5 Å². The van der Waals surface area contributed by atoms with Crippen molar-refractivity contribution in [2.75, 3.05) is 20.2 Å². The number of aromatic hydroxyl groups is 1. The SMILES string of the molecule is COc1cc(CNC(=O)c2ccc(Cl)c(S(=O)(=O)N3CCCCCC3)c2)ccc1O. The van der Waals surface area contributed by atoms with Gasteiger partial charge in [0.2, 0.25) is 10.0 Å². The minimum atomic E-state index is -3.78. The summed E-state index contributed by atoms with van der Waals surface area (Å²) >= 11 is 6.19. The summed E-state index contributed by atoms with van der Waals surface area (Å²) in [5, 5.41) is 12.5. The zero-order chi connectivity index (χ0) is 21.7. The zero-order valence-corrected chi connectivity index (χ0v) is 18.3. The van der Waals surface area contributed by atoms with Crippen molar-refractivity contribution < 1.29 is 23.1 Å². The minimum absolute atomic E-state index is 0.00800. The molecule has 0 bridgehead atoms. The molecule has 2 aromatic carbocycles. The number of nitrogens with one attached hydrogen (secondary N) is 1. The number of rotatable bonds is 6. The summed E-state index contributed by atoms with van der Waals surface area (Å²) in [4.78, 5) is 12.6. The molecule has 0 spiro atoms. The van der Waals surface area contributed by atoms with Gasteiger partial charge in [-0.2, -0.15) is 4.31 Å². The maximum atomic E-state index is 13.1. The van der Waals surface area contributed by atoms with Gasteiger partial charge in [-0.05, 0) is 48.7 Å². The van der Waals surface area contributed by atoms with Crippen molar-refractivity contribution in [2.45, 2.75) is 37.1 Å². The Hall–Kier alpha value is -2.29. The van der Waals surface area contributed by atoms with Crippen molar-refractivity contribution in [3.63, 3.8) is 0 Å². The number of phenols is 1. The first kappa shape index (κ1) is 22.4. The van der Waals surface area contributed by atoms with E-state index >= 15 is 0 Å². The van der Waals surface area contributed by atoms with Crippen LogP contribution < -0.4 is 10.1 Å². The molecule has 0 atom stereocenters. The highest BCUT2D eigenvalue weighted by Gasteiger charge is 2.28. The van der Waals surface area contributed by atoms with E-state index in [0.29, 0.717) is 18.8 Å². The molecular formula is C21H25ClN2O5S. The zero-order valence-electron chi connectivity index (χ0n) is 16.7. The molecule has 1 aliphatic heterocycles. The summed E-state index contributed by atoms with van der Waals surface area (Å²) in [6.45, 7) is 1.10. The van der Waals surface area contributed by atoms with Gasteiger partial charge in [0.05, 0.1) is 12.1 Å². The number of hydrogen-bond acceptors (Lipinski definition) is 5. The molecular weight excluding hydrogens is 428 g/mol. The molecule has 1 aliphatic rings. The third kappa shape index (κ3) is 5.06. The molecule has 162 valence electrons. The van der Waals surface area contributed by atoms with E-state index in [4.69, 9.17) is 16.3 Å². The lowest BCUT2D eigenvalue weighted by molar-refractivity contribution is 0.0950. The number of sulfonamides is 1. The number of carbonyl (C=O) groups excluding carboxylic acids is 1. The quantitative estimate of drug-likeness (QED) is 0.698. The third-order valence-electron chi connectivity index (χ3n) is 5.07. The van der Waals surface area contributed by atoms with Crippen LogP contribution in [0.15, 0.2) is 41.3 Å². The fourth-order valence-electron chi connectivity index (χ4n) is 3.38. The fourth-order valence-corrected chi connectivity index (χ4v) is 5.40. The van der Waals surface area contributed by atoms with E-state index in [0.717, 1.165) is 31.2 Å². The van der Waals surface area contributed by atoms with Crippen molar-refractivity contribution in [3.05, 3.63) is 52.5 Å². The standard InChI is InChI=1S/C21H25ClN2O5S/c1-29-19-12-15(6-9-18(19)25)14-23-21(26)16-7-8-17(22)20(13-16)30(27,28)24-10-4-2-3-5-11-24/h6-9,12-13,25H,2-5,10-11,14H2,1H3,(H,23,26). The largest absolute Gasteiger partial charge is 0.504 e. The van der Waals surface area contributed by atoms with Crippen LogP contribution in [0.25, 0.3) is 0 Å². The summed E-state index contributed by atoms with van der Waals surface area (Å²) in [6, 6.07) is 9.02. The number of methoxy groups -OCH3 is 1. The van der Waals surface area contributed by atoms with Crippen molar-refractivity contribution in [1.29, 1.82) is 0 Å². The molecule has 3 rings (SSSR count). The summed E-state index contributed by atoms with van der Waals surface area (Å²) in [5.74, 6) is -0.112. The molecule has 0 saturated carbocycles. The van der Waals surface area contributed by atoms with Gasteiger partial charge in [0, 0.05) is 25.2 Å². The molecule has 30 heavy (non-hydrogen) atoms. The smallest absolute Gasteiger partial charge is 0.251 e. The van der Waals surface area contributed by atoms with Crippen LogP contribution in [0.5, 0.6) is 11.5 Å². The topological polar surface area (TPSA) is 95.9 Å². The summed E-state index contributed by atoms with van der Waals surface area (Å²) in [6.07, 6.45) is 3.63. The Labute approximate surface area is 181 Å². The Morgan fingerprint density at radius 1 is 1.13 bits per heavy atom. The van der Waals surface area contributed by atoms with Crippen molar-refractivity contribution in [3.8, 4) is 11.5 Å². The van der Waals surface area contributed by atoms with E-state index in [1.165, 1.54) is 35.7 Å². The van der Waals surface area contributed by atoms with E-state index in [9.17, 15) is 18.3 Å². The van der Waals surface area contributed by atoms with E-state index in [2.05, 4.69) is 5.32 Å². The number of carbonyl (C=O) groups is 1. The van der Waals surface area contributed by atoms with Gasteiger partial charge in [0.25, 0.3) is 5.91 Å². The lowest BCUT2D eigenvalue weighted by Gasteiger charge is -2.21. The highest BCUT2D eigenvalue weighted by molar-refractivity contribution is 7.89. The number of benzene rings is 2. The average Bonchev–Trinajstić information content (AvgIpc) is 3.03. The molecule has 9 heteroatoms. The van der Waals surface area contributed by atoms with Crippen LogP contribution in [-0.2, 0) is 16.6 Å². The summed E-state index contributed by atoms with van der Waals surface area (Å²) in [7, 11) is -2.33. The molecule has 1 fully saturated rings. The molecule has 2 aromatic rings. The highest BCUT2D eigenvalue weighted by Crippen LogP contribution is 2.28. The molecule has 2 N–H and O–H groups in total. The number of halogens is 1. The van der Waals surface area contributed by atoms with E-state index in [1.807, 2.05) is 0 Å². The maximum Gasteiger partial charge on any atom is 0.251 e. The van der Waals surface area contributed by atoms with Gasteiger partial charge in [-0.15, -0.1) is 0 Å². The Kier molecular flexibility index (Phi) is 7.23. The predicted molar refractivity (Wildman–Crippen MR) is 115 cm³/mol. The third-order valence-corrected chi connectivity index (χ3v) is 7.45. The molecule has 0 radical (unpaired) electrons. The first-order valence-corrected chi connectivity index (χ1v) is 11.6. The number of amides is 1. The fraction of sp³-hybridized carbons (Fsp3) is 0.381. The second-order valence-electron chi connectivity index (χ2n) is 7.15. The molecule has 0 unspecified atom stereocenters. The Morgan fingerprint density at radius 3 is 2.50 bits per heavy atom. The Balaban J connectivity index is 1.77. The van der Waals surface area contributed by atoms with E-state index < -0.39 is 15.9 Å². The normalized spacial score (nSPS) is 15.4. The number of hydrogen-bond donors (Lipinski definition) is 2. The molecule has 7 nitrogen and oxygen atoms in total. The molecule has 0 aliphatic carbocycles. The molecule has 1 saturated heterocycles. The van der Waals surface area contributed by atoms with Gasteiger partial charge in [-0.1, -0.05) is 30.5 Å². The van der Waals surface area contributed by atoms with Crippen LogP contribution in [0.2, 0.25) is 5.02 Å². The predicted octanol–water partition coefficient (Wildman–Crippen LogP) is 3.55. The van der Waals surface area contributed by atoms with Gasteiger partial charge in [0.15, 0.2) is 11.5 Å². The molecule has 0 aromatic heterocycles. The Bertz CT molecular complexity index is 1020. The number of nitrogens with zero attached hydrogens (tertiary/aromatic N) is 1. The minimum Gasteiger partial charge on any atom is -0.504 e. The van der Waals surface area contributed by atoms with Crippen LogP contribution >= 0.6 is 11.6 Å². The second kappa shape index (κ2) is 9.68.